The second kappa shape index (κ2) is 5.26. The van der Waals surface area contributed by atoms with Crippen molar-refractivity contribution in [1.82, 2.24) is 14.8 Å². The molecule has 1 aromatic carbocycles. The Morgan fingerprint density at radius 1 is 1.14 bits per heavy atom. The molecule has 22 heavy (non-hydrogen) atoms. The highest BCUT2D eigenvalue weighted by Crippen LogP contribution is 2.30. The maximum atomic E-state index is 13.5. The van der Waals surface area contributed by atoms with Crippen LogP contribution in [0.4, 0.5) is 14.6 Å². The van der Waals surface area contributed by atoms with Crippen molar-refractivity contribution in [3.8, 4) is 23.1 Å². The Hall–Kier alpha value is -3.27. The molecular weight excluding hydrogens is 288 g/mol. The Labute approximate surface area is 124 Å². The van der Waals surface area contributed by atoms with E-state index < -0.39 is 11.6 Å². The summed E-state index contributed by atoms with van der Waals surface area (Å²) in [5.41, 5.74) is 6.37. The number of nitriles is 1. The van der Waals surface area contributed by atoms with Crippen molar-refractivity contribution in [2.75, 3.05) is 5.73 Å². The number of nitrogen functional groups attached to an aromatic ring is 1. The van der Waals surface area contributed by atoms with Gasteiger partial charge in [0.2, 0.25) is 0 Å². The topological polar surface area (TPSA) is 80.5 Å². The van der Waals surface area contributed by atoms with E-state index in [0.717, 1.165) is 12.1 Å². The van der Waals surface area contributed by atoms with Gasteiger partial charge in [-0.05, 0) is 30.3 Å². The van der Waals surface area contributed by atoms with Gasteiger partial charge in [0, 0.05) is 11.8 Å². The van der Waals surface area contributed by atoms with Gasteiger partial charge in [-0.25, -0.2) is 18.4 Å². The van der Waals surface area contributed by atoms with Crippen molar-refractivity contribution in [3.63, 3.8) is 0 Å². The number of hydrogen-bond donors (Lipinski definition) is 1. The van der Waals surface area contributed by atoms with Crippen LogP contribution in [0.2, 0.25) is 0 Å². The number of hydrogen-bond acceptors (Lipinski definition) is 4. The van der Waals surface area contributed by atoms with Gasteiger partial charge >= 0.3 is 0 Å². The summed E-state index contributed by atoms with van der Waals surface area (Å²) in [5, 5.41) is 13.3. The summed E-state index contributed by atoms with van der Waals surface area (Å²) in [4.78, 5) is 4.13. The highest BCUT2D eigenvalue weighted by atomic mass is 19.2. The molecule has 0 saturated carbocycles. The molecule has 2 heterocycles. The first kappa shape index (κ1) is 13.7. The number of aromatic nitrogens is 3. The maximum absolute atomic E-state index is 13.5. The number of rotatable bonds is 2. The van der Waals surface area contributed by atoms with Crippen molar-refractivity contribution in [2.24, 2.45) is 0 Å². The van der Waals surface area contributed by atoms with Crippen LogP contribution >= 0.6 is 0 Å². The summed E-state index contributed by atoms with van der Waals surface area (Å²) in [6.07, 6.45) is 1.55. The number of pyridine rings is 1. The predicted octanol–water partition coefficient (Wildman–Crippen LogP) is 2.67. The van der Waals surface area contributed by atoms with Crippen LogP contribution in [0.5, 0.6) is 0 Å². The van der Waals surface area contributed by atoms with Crippen molar-refractivity contribution in [3.05, 3.63) is 59.8 Å². The summed E-state index contributed by atoms with van der Waals surface area (Å²) in [6.45, 7) is 0. The van der Waals surface area contributed by atoms with E-state index >= 15 is 0 Å². The highest BCUT2D eigenvalue weighted by molar-refractivity contribution is 5.74. The molecule has 2 aromatic heterocycles. The molecule has 108 valence electrons. The van der Waals surface area contributed by atoms with Crippen LogP contribution in [0.3, 0.4) is 0 Å². The molecule has 0 bridgehead atoms. The molecule has 0 fully saturated rings. The van der Waals surface area contributed by atoms with Crippen LogP contribution in [0.15, 0.2) is 42.6 Å². The Balaban J connectivity index is 2.30. The lowest BCUT2D eigenvalue weighted by Crippen LogP contribution is -2.02. The molecule has 3 aromatic rings. The zero-order chi connectivity index (χ0) is 15.7. The lowest BCUT2D eigenvalue weighted by Gasteiger charge is -2.07. The minimum atomic E-state index is -1.02. The van der Waals surface area contributed by atoms with Gasteiger partial charge in [0.1, 0.15) is 11.6 Å². The van der Waals surface area contributed by atoms with Crippen LogP contribution < -0.4 is 5.73 Å². The van der Waals surface area contributed by atoms with Crippen molar-refractivity contribution >= 4 is 5.82 Å². The molecule has 0 atom stereocenters. The maximum Gasteiger partial charge on any atom is 0.164 e. The first-order valence-corrected chi connectivity index (χ1v) is 6.27. The Kier molecular flexibility index (Phi) is 3.27. The van der Waals surface area contributed by atoms with Gasteiger partial charge in [-0.15, -0.1) is 5.10 Å². The molecule has 0 aliphatic heterocycles. The van der Waals surface area contributed by atoms with Crippen molar-refractivity contribution in [1.29, 1.82) is 5.26 Å². The number of benzene rings is 1. The number of nitrogens with two attached hydrogens (primary N) is 1. The van der Waals surface area contributed by atoms with E-state index in [1.807, 2.05) is 6.07 Å². The summed E-state index contributed by atoms with van der Waals surface area (Å²) < 4.78 is 28.0. The molecule has 0 radical (unpaired) electrons. The second-order valence-corrected chi connectivity index (χ2v) is 4.45. The molecule has 0 spiro atoms. The largest absolute Gasteiger partial charge is 0.381 e. The van der Waals surface area contributed by atoms with Gasteiger partial charge in [0.25, 0.3) is 0 Å². The average molecular weight is 297 g/mol. The Morgan fingerprint density at radius 2 is 1.95 bits per heavy atom. The lowest BCUT2D eigenvalue weighted by atomic mass is 10.1. The summed E-state index contributed by atoms with van der Waals surface area (Å²) >= 11 is 0. The third-order valence-corrected chi connectivity index (χ3v) is 3.08. The smallest absolute Gasteiger partial charge is 0.164 e. The Bertz CT molecular complexity index is 881. The second-order valence-electron chi connectivity index (χ2n) is 4.45. The minimum absolute atomic E-state index is 0.00659. The third kappa shape index (κ3) is 2.16. The van der Waals surface area contributed by atoms with Gasteiger partial charge in [0.05, 0.1) is 5.69 Å². The zero-order valence-corrected chi connectivity index (χ0v) is 11.2. The summed E-state index contributed by atoms with van der Waals surface area (Å²) in [5.74, 6) is -1.59. The molecule has 0 saturated heterocycles. The molecule has 0 aliphatic rings. The quantitative estimate of drug-likeness (QED) is 0.788. The molecule has 3 rings (SSSR count). The number of halogens is 2. The van der Waals surface area contributed by atoms with E-state index in [9.17, 15) is 14.0 Å². The standard InChI is InChI=1S/C15H9F2N5/c16-11-5-4-9(7-12(11)17)14-10(8-18)15(19)21-22(14)13-3-1-2-6-20-13/h1-7H,(H2,19,21). The Morgan fingerprint density at radius 3 is 2.59 bits per heavy atom. The molecular formula is C15H9F2N5. The molecule has 0 amide bonds. The van der Waals surface area contributed by atoms with E-state index in [-0.39, 0.29) is 22.6 Å². The molecule has 0 unspecified atom stereocenters. The minimum Gasteiger partial charge on any atom is -0.381 e. The fraction of sp³-hybridized carbons (Fsp3) is 0. The van der Waals surface area contributed by atoms with Crippen LogP contribution in [-0.2, 0) is 0 Å². The first-order chi connectivity index (χ1) is 10.6. The first-order valence-electron chi connectivity index (χ1n) is 6.27. The summed E-state index contributed by atoms with van der Waals surface area (Å²) in [6, 6.07) is 10.4. The fourth-order valence-electron chi connectivity index (χ4n) is 2.10. The van der Waals surface area contributed by atoms with Crippen molar-refractivity contribution in [2.45, 2.75) is 0 Å². The van der Waals surface area contributed by atoms with Gasteiger partial charge in [-0.1, -0.05) is 6.07 Å². The van der Waals surface area contributed by atoms with Gasteiger partial charge < -0.3 is 5.73 Å². The third-order valence-electron chi connectivity index (χ3n) is 3.08. The van der Waals surface area contributed by atoms with E-state index in [4.69, 9.17) is 5.73 Å². The van der Waals surface area contributed by atoms with E-state index in [0.29, 0.717) is 5.82 Å². The number of nitrogens with zero attached hydrogens (tertiary/aromatic N) is 4. The van der Waals surface area contributed by atoms with Crippen molar-refractivity contribution < 1.29 is 8.78 Å². The van der Waals surface area contributed by atoms with Crippen LogP contribution in [0.1, 0.15) is 5.56 Å². The normalized spacial score (nSPS) is 10.4. The van der Waals surface area contributed by atoms with Crippen LogP contribution in [0.25, 0.3) is 17.1 Å². The van der Waals surface area contributed by atoms with Crippen LogP contribution in [0, 0.1) is 23.0 Å². The predicted molar refractivity (Wildman–Crippen MR) is 75.8 cm³/mol. The SMILES string of the molecule is N#Cc1c(N)nn(-c2ccccn2)c1-c1ccc(F)c(F)c1. The molecule has 2 N–H and O–H groups in total. The van der Waals surface area contributed by atoms with E-state index in [2.05, 4.69) is 10.1 Å². The van der Waals surface area contributed by atoms with Gasteiger partial charge in [-0.2, -0.15) is 5.26 Å². The number of anilines is 1. The van der Waals surface area contributed by atoms with E-state index in [1.54, 1.807) is 24.4 Å². The molecule has 5 nitrogen and oxygen atoms in total. The van der Waals surface area contributed by atoms with Gasteiger partial charge in [-0.3, -0.25) is 0 Å². The fourth-order valence-corrected chi connectivity index (χ4v) is 2.10. The summed E-state index contributed by atoms with van der Waals surface area (Å²) in [7, 11) is 0. The monoisotopic (exact) mass is 297 g/mol. The molecule has 0 aliphatic carbocycles. The molecule has 7 heteroatoms. The highest BCUT2D eigenvalue weighted by Gasteiger charge is 2.20. The van der Waals surface area contributed by atoms with Crippen LogP contribution in [-0.4, -0.2) is 14.8 Å². The zero-order valence-electron chi connectivity index (χ0n) is 11.2. The average Bonchev–Trinajstić information content (AvgIpc) is 2.87. The van der Waals surface area contributed by atoms with E-state index in [1.165, 1.54) is 10.7 Å². The lowest BCUT2D eigenvalue weighted by molar-refractivity contribution is 0.509. The van der Waals surface area contributed by atoms with Gasteiger partial charge in [0.15, 0.2) is 23.3 Å².